The molecule has 6 nitrogen and oxygen atoms in total. The Morgan fingerprint density at radius 3 is 2.32 bits per heavy atom. The van der Waals surface area contributed by atoms with Crippen LogP contribution in [0.1, 0.15) is 17.5 Å². The van der Waals surface area contributed by atoms with Crippen molar-refractivity contribution in [2.75, 3.05) is 43.5 Å². The molecule has 28 heavy (non-hydrogen) atoms. The van der Waals surface area contributed by atoms with Gasteiger partial charge in [-0.05, 0) is 55.3 Å². The summed E-state index contributed by atoms with van der Waals surface area (Å²) in [7, 11) is 1.59. The molecule has 0 spiro atoms. The lowest BCUT2D eigenvalue weighted by Crippen LogP contribution is -2.49. The van der Waals surface area contributed by atoms with Gasteiger partial charge in [-0.3, -0.25) is 9.59 Å². The minimum atomic E-state index is -0.299. The van der Waals surface area contributed by atoms with E-state index >= 15 is 0 Å². The third kappa shape index (κ3) is 4.63. The molecule has 0 aliphatic carbocycles. The second-order valence-electron chi connectivity index (χ2n) is 7.04. The number of benzene rings is 2. The Bertz CT molecular complexity index is 841. The van der Waals surface area contributed by atoms with Crippen LogP contribution in [-0.2, 0) is 9.59 Å². The lowest BCUT2D eigenvalue weighted by molar-refractivity contribution is -0.134. The minimum Gasteiger partial charge on any atom is -0.497 e. The van der Waals surface area contributed by atoms with Gasteiger partial charge in [-0.25, -0.2) is 0 Å². The number of amides is 2. The average Bonchev–Trinajstić information content (AvgIpc) is 2.70. The predicted molar refractivity (Wildman–Crippen MR) is 111 cm³/mol. The SMILES string of the molecule is COc1ccc(NC(=O)CC(=O)N2CCN(c3cccc(C)c3C)CC2)cc1. The fourth-order valence-electron chi connectivity index (χ4n) is 3.40. The first-order valence-corrected chi connectivity index (χ1v) is 9.51. The molecule has 1 fully saturated rings. The molecule has 0 radical (unpaired) electrons. The Hall–Kier alpha value is -3.02. The molecule has 0 atom stereocenters. The van der Waals surface area contributed by atoms with Crippen LogP contribution in [-0.4, -0.2) is 50.0 Å². The summed E-state index contributed by atoms with van der Waals surface area (Å²) in [5.41, 5.74) is 4.43. The lowest BCUT2D eigenvalue weighted by Gasteiger charge is -2.37. The summed E-state index contributed by atoms with van der Waals surface area (Å²) in [5.74, 6) is 0.287. The second-order valence-corrected chi connectivity index (χ2v) is 7.04. The van der Waals surface area contributed by atoms with Crippen LogP contribution in [0.2, 0.25) is 0 Å². The number of nitrogens with zero attached hydrogens (tertiary/aromatic N) is 2. The largest absolute Gasteiger partial charge is 0.497 e. The van der Waals surface area contributed by atoms with Crippen molar-refractivity contribution in [2.24, 2.45) is 0 Å². The highest BCUT2D eigenvalue weighted by atomic mass is 16.5. The van der Waals surface area contributed by atoms with Gasteiger partial charge in [-0.1, -0.05) is 12.1 Å². The van der Waals surface area contributed by atoms with Crippen LogP contribution < -0.4 is 15.0 Å². The second kappa shape index (κ2) is 8.78. The number of methoxy groups -OCH3 is 1. The lowest BCUT2D eigenvalue weighted by atomic mass is 10.1. The summed E-state index contributed by atoms with van der Waals surface area (Å²) >= 11 is 0. The Morgan fingerprint density at radius 1 is 1.00 bits per heavy atom. The summed E-state index contributed by atoms with van der Waals surface area (Å²) in [5, 5.41) is 2.76. The molecule has 2 aromatic rings. The zero-order valence-electron chi connectivity index (χ0n) is 16.7. The Labute approximate surface area is 166 Å². The van der Waals surface area contributed by atoms with Crippen molar-refractivity contribution >= 4 is 23.2 Å². The predicted octanol–water partition coefficient (Wildman–Crippen LogP) is 2.99. The maximum Gasteiger partial charge on any atom is 0.233 e. The maximum absolute atomic E-state index is 12.5. The number of carbonyl (C=O) groups is 2. The van der Waals surface area contributed by atoms with Crippen molar-refractivity contribution in [1.29, 1.82) is 0 Å². The van der Waals surface area contributed by atoms with Crippen LogP contribution >= 0.6 is 0 Å². The summed E-state index contributed by atoms with van der Waals surface area (Å²) in [6.45, 7) is 7.04. The van der Waals surface area contributed by atoms with Gasteiger partial charge in [0.2, 0.25) is 11.8 Å². The van der Waals surface area contributed by atoms with Gasteiger partial charge in [0.05, 0.1) is 7.11 Å². The number of carbonyl (C=O) groups excluding carboxylic acids is 2. The average molecular weight is 381 g/mol. The summed E-state index contributed by atoms with van der Waals surface area (Å²) in [4.78, 5) is 28.8. The first-order chi connectivity index (χ1) is 13.5. The van der Waals surface area contributed by atoms with Crippen molar-refractivity contribution in [3.63, 3.8) is 0 Å². The molecule has 0 unspecified atom stereocenters. The van der Waals surface area contributed by atoms with E-state index in [2.05, 4.69) is 42.3 Å². The minimum absolute atomic E-state index is 0.133. The number of hydrogen-bond donors (Lipinski definition) is 1. The third-order valence-corrected chi connectivity index (χ3v) is 5.23. The van der Waals surface area contributed by atoms with Gasteiger partial charge in [-0.15, -0.1) is 0 Å². The molecule has 6 heteroatoms. The van der Waals surface area contributed by atoms with Gasteiger partial charge >= 0.3 is 0 Å². The number of aryl methyl sites for hydroxylation is 1. The Balaban J connectivity index is 1.50. The van der Waals surface area contributed by atoms with Crippen molar-refractivity contribution in [2.45, 2.75) is 20.3 Å². The first kappa shape index (κ1) is 19.7. The normalized spacial score (nSPS) is 14.0. The molecule has 3 rings (SSSR count). The highest BCUT2D eigenvalue weighted by Gasteiger charge is 2.23. The van der Waals surface area contributed by atoms with Crippen molar-refractivity contribution in [1.82, 2.24) is 4.90 Å². The molecule has 0 saturated carbocycles. The molecule has 1 saturated heterocycles. The van der Waals surface area contributed by atoms with Crippen molar-refractivity contribution in [3.05, 3.63) is 53.6 Å². The third-order valence-electron chi connectivity index (χ3n) is 5.23. The number of rotatable bonds is 5. The van der Waals surface area contributed by atoms with Gasteiger partial charge in [-0.2, -0.15) is 0 Å². The van der Waals surface area contributed by atoms with E-state index in [4.69, 9.17) is 4.74 Å². The number of hydrogen-bond acceptors (Lipinski definition) is 4. The molecule has 2 aromatic carbocycles. The van der Waals surface area contributed by atoms with E-state index in [1.165, 1.54) is 16.8 Å². The smallest absolute Gasteiger partial charge is 0.233 e. The molecule has 1 aliphatic rings. The first-order valence-electron chi connectivity index (χ1n) is 9.51. The summed E-state index contributed by atoms with van der Waals surface area (Å²) in [6, 6.07) is 13.4. The van der Waals surface area contributed by atoms with Crippen LogP contribution in [0.25, 0.3) is 0 Å². The van der Waals surface area contributed by atoms with Crippen LogP contribution in [0.4, 0.5) is 11.4 Å². The number of piperazine rings is 1. The van der Waals surface area contributed by atoms with Crippen molar-refractivity contribution in [3.8, 4) is 5.75 Å². The highest BCUT2D eigenvalue weighted by Crippen LogP contribution is 2.24. The molecular formula is C22H27N3O3. The van der Waals surface area contributed by atoms with Crippen LogP contribution in [0.5, 0.6) is 5.75 Å². The van der Waals surface area contributed by atoms with Crippen LogP contribution in [0, 0.1) is 13.8 Å². The topological polar surface area (TPSA) is 61.9 Å². The van der Waals surface area contributed by atoms with E-state index in [0.29, 0.717) is 18.8 Å². The fourth-order valence-corrected chi connectivity index (χ4v) is 3.40. The van der Waals surface area contributed by atoms with Crippen LogP contribution in [0.15, 0.2) is 42.5 Å². The van der Waals surface area contributed by atoms with E-state index in [0.717, 1.165) is 18.8 Å². The van der Waals surface area contributed by atoms with Crippen molar-refractivity contribution < 1.29 is 14.3 Å². The zero-order chi connectivity index (χ0) is 20.1. The monoisotopic (exact) mass is 381 g/mol. The molecule has 0 aromatic heterocycles. The van der Waals surface area contributed by atoms with Gasteiger partial charge in [0.15, 0.2) is 0 Å². The molecule has 148 valence electrons. The van der Waals surface area contributed by atoms with Gasteiger partial charge in [0, 0.05) is 37.6 Å². The van der Waals surface area contributed by atoms with Crippen LogP contribution in [0.3, 0.4) is 0 Å². The van der Waals surface area contributed by atoms with E-state index in [1.54, 1.807) is 36.3 Å². The molecular weight excluding hydrogens is 354 g/mol. The molecule has 2 amide bonds. The van der Waals surface area contributed by atoms with E-state index in [1.807, 2.05) is 0 Å². The summed E-state index contributed by atoms with van der Waals surface area (Å²) < 4.78 is 5.10. The molecule has 0 bridgehead atoms. The van der Waals surface area contributed by atoms with Gasteiger partial charge < -0.3 is 19.9 Å². The van der Waals surface area contributed by atoms with Gasteiger partial charge in [0.1, 0.15) is 12.2 Å². The van der Waals surface area contributed by atoms with Gasteiger partial charge in [0.25, 0.3) is 0 Å². The Morgan fingerprint density at radius 2 is 1.68 bits per heavy atom. The zero-order valence-corrected chi connectivity index (χ0v) is 16.7. The molecule has 1 N–H and O–H groups in total. The maximum atomic E-state index is 12.5. The fraction of sp³-hybridized carbons (Fsp3) is 0.364. The number of ether oxygens (including phenoxy) is 1. The van der Waals surface area contributed by atoms with E-state index < -0.39 is 0 Å². The quantitative estimate of drug-likeness (QED) is 0.809. The highest BCUT2D eigenvalue weighted by molar-refractivity contribution is 6.03. The van der Waals surface area contributed by atoms with E-state index in [9.17, 15) is 9.59 Å². The number of anilines is 2. The Kier molecular flexibility index (Phi) is 6.19. The van der Waals surface area contributed by atoms with E-state index in [-0.39, 0.29) is 18.2 Å². The summed E-state index contributed by atoms with van der Waals surface area (Å²) in [6.07, 6.45) is -0.143. The number of nitrogens with one attached hydrogen (secondary N) is 1. The molecule has 1 aliphatic heterocycles. The standard InChI is InChI=1S/C22H27N3O3/c1-16-5-4-6-20(17(16)2)24-11-13-25(14-12-24)22(27)15-21(26)23-18-7-9-19(28-3)10-8-18/h4-10H,11-15H2,1-3H3,(H,23,26). The molecule has 1 heterocycles.